The summed E-state index contributed by atoms with van der Waals surface area (Å²) >= 11 is -2.35. The minimum absolute atomic E-state index is 0.106. The van der Waals surface area contributed by atoms with Crippen LogP contribution in [0.3, 0.4) is 0 Å². The Hall–Kier alpha value is -2.36. The van der Waals surface area contributed by atoms with Crippen LogP contribution in [0.15, 0.2) is 42.0 Å². The van der Waals surface area contributed by atoms with Gasteiger partial charge in [-0.1, -0.05) is 31.2 Å². The van der Waals surface area contributed by atoms with Crippen LogP contribution in [0.25, 0.3) is 0 Å². The van der Waals surface area contributed by atoms with Gasteiger partial charge in [0, 0.05) is 54.8 Å². The molecule has 0 saturated carbocycles. The zero-order valence-electron chi connectivity index (χ0n) is 15.8. The van der Waals surface area contributed by atoms with Crippen molar-refractivity contribution in [3.05, 3.63) is 53.4 Å². The molecule has 28 heavy (non-hydrogen) atoms. The first-order chi connectivity index (χ1) is 13.3. The number of amides is 2. The number of carbonyl (C=O) groups excluding carboxylic acids is 2. The van der Waals surface area contributed by atoms with Crippen LogP contribution in [-0.4, -0.2) is 67.6 Å². The molecule has 3 unspecified atom stereocenters. The fourth-order valence-corrected chi connectivity index (χ4v) is 3.86. The summed E-state index contributed by atoms with van der Waals surface area (Å²) in [7, 11) is 0. The zero-order chi connectivity index (χ0) is 20.3. The summed E-state index contributed by atoms with van der Waals surface area (Å²) in [4.78, 5) is 33.0. The predicted molar refractivity (Wildman–Crippen MR) is 104 cm³/mol. The number of hydrogen-bond acceptors (Lipinski definition) is 5. The highest BCUT2D eigenvalue weighted by atomic mass is 32.2. The van der Waals surface area contributed by atoms with Gasteiger partial charge in [0.15, 0.2) is 0 Å². The topological polar surface area (TPSA) is 106 Å². The highest BCUT2D eigenvalue weighted by Crippen LogP contribution is 2.20. The van der Waals surface area contributed by atoms with Gasteiger partial charge in [-0.2, -0.15) is 0 Å². The highest BCUT2D eigenvalue weighted by Gasteiger charge is 2.28. The minimum atomic E-state index is -2.35. The first-order valence-corrected chi connectivity index (χ1v) is 10.2. The Morgan fingerprint density at radius 1 is 1.18 bits per heavy atom. The number of aromatic nitrogens is 1. The van der Waals surface area contributed by atoms with Gasteiger partial charge < -0.3 is 14.4 Å². The lowest BCUT2D eigenvalue weighted by Crippen LogP contribution is -2.51. The Morgan fingerprint density at radius 2 is 1.82 bits per heavy atom. The molecule has 1 aliphatic carbocycles. The van der Waals surface area contributed by atoms with E-state index in [1.54, 1.807) is 34.1 Å². The number of rotatable bonds is 4. The molecule has 9 heteroatoms. The molecule has 150 valence electrons. The molecule has 1 aromatic rings. The number of aryl methyl sites for hydroxylation is 1. The van der Waals surface area contributed by atoms with Gasteiger partial charge in [0.1, 0.15) is 5.69 Å². The molecular formula is C19H23N4O4S-. The van der Waals surface area contributed by atoms with Crippen LogP contribution < -0.4 is 4.72 Å². The van der Waals surface area contributed by atoms with E-state index >= 15 is 0 Å². The predicted octanol–water partition coefficient (Wildman–Crippen LogP) is 0.559. The smallest absolute Gasteiger partial charge is 0.272 e. The molecule has 1 saturated heterocycles. The van der Waals surface area contributed by atoms with Crippen molar-refractivity contribution >= 4 is 23.1 Å². The van der Waals surface area contributed by atoms with Crippen molar-refractivity contribution in [1.29, 1.82) is 0 Å². The molecule has 0 spiro atoms. The second-order valence-corrected chi connectivity index (χ2v) is 7.67. The molecule has 1 N–H and O–H groups in total. The van der Waals surface area contributed by atoms with E-state index in [4.69, 9.17) is 0 Å². The number of nitrogens with one attached hydrogen (secondary N) is 1. The molecule has 0 bridgehead atoms. The first kappa shape index (κ1) is 20.4. The summed E-state index contributed by atoms with van der Waals surface area (Å²) in [6.45, 7) is 5.49. The molecule has 0 aromatic carbocycles. The molecule has 0 radical (unpaired) electrons. The average Bonchev–Trinajstić information content (AvgIpc) is 2.68. The maximum Gasteiger partial charge on any atom is 0.272 e. The molecule has 1 aromatic heterocycles. The highest BCUT2D eigenvalue weighted by molar-refractivity contribution is 7.77. The van der Waals surface area contributed by atoms with Gasteiger partial charge in [-0.25, -0.2) is 9.71 Å². The van der Waals surface area contributed by atoms with E-state index in [2.05, 4.69) is 9.71 Å². The van der Waals surface area contributed by atoms with Gasteiger partial charge in [-0.15, -0.1) is 0 Å². The van der Waals surface area contributed by atoms with E-state index in [1.807, 2.05) is 26.0 Å². The van der Waals surface area contributed by atoms with E-state index < -0.39 is 11.3 Å². The van der Waals surface area contributed by atoms with Gasteiger partial charge in [-0.3, -0.25) is 13.8 Å². The normalized spacial score (nSPS) is 23.3. The largest absolute Gasteiger partial charge is 0.760 e. The fraction of sp³-hybridized carbons (Fsp3) is 0.421. The maximum absolute atomic E-state index is 12.8. The number of pyridine rings is 1. The molecule has 2 amide bonds. The third kappa shape index (κ3) is 4.73. The number of hydrogen-bond donors (Lipinski definition) is 1. The lowest BCUT2D eigenvalue weighted by molar-refractivity contribution is -0.128. The third-order valence-electron chi connectivity index (χ3n) is 4.93. The van der Waals surface area contributed by atoms with Crippen molar-refractivity contribution in [2.75, 3.05) is 26.2 Å². The Labute approximate surface area is 166 Å². The molecule has 8 nitrogen and oxygen atoms in total. The quantitative estimate of drug-likeness (QED) is 0.740. The van der Waals surface area contributed by atoms with Crippen LogP contribution in [-0.2, 0) is 16.1 Å². The zero-order valence-corrected chi connectivity index (χ0v) is 16.6. The molecule has 3 atom stereocenters. The molecule has 3 rings (SSSR count). The van der Waals surface area contributed by atoms with Crippen LogP contribution in [0, 0.1) is 12.8 Å². The van der Waals surface area contributed by atoms with Gasteiger partial charge in [0.2, 0.25) is 0 Å². The van der Waals surface area contributed by atoms with Crippen molar-refractivity contribution in [2.24, 2.45) is 5.92 Å². The summed E-state index contributed by atoms with van der Waals surface area (Å²) in [5.74, 6) is -0.358. The first-order valence-electron chi connectivity index (χ1n) is 9.13. The summed E-state index contributed by atoms with van der Waals surface area (Å²) in [5, 5.41) is 0. The Balaban J connectivity index is 1.58. The Kier molecular flexibility index (Phi) is 6.38. The van der Waals surface area contributed by atoms with Crippen LogP contribution in [0.2, 0.25) is 0 Å². The molecule has 2 heterocycles. The van der Waals surface area contributed by atoms with Gasteiger partial charge >= 0.3 is 0 Å². The summed E-state index contributed by atoms with van der Waals surface area (Å²) < 4.78 is 24.0. The molecule has 2 aliphatic rings. The fourth-order valence-electron chi connectivity index (χ4n) is 3.34. The number of nitrogens with zero attached hydrogens (tertiary/aromatic N) is 3. The number of carbonyl (C=O) groups is 2. The second kappa shape index (κ2) is 8.76. The molecule has 1 aliphatic heterocycles. The number of piperazine rings is 1. The summed E-state index contributed by atoms with van der Waals surface area (Å²) in [6, 6.07) is 4.99. The third-order valence-corrected chi connectivity index (χ3v) is 5.40. The van der Waals surface area contributed by atoms with Crippen molar-refractivity contribution in [3.63, 3.8) is 0 Å². The molecule has 1 fully saturated rings. The maximum atomic E-state index is 12.8. The van der Waals surface area contributed by atoms with Crippen molar-refractivity contribution in [2.45, 2.75) is 19.9 Å². The van der Waals surface area contributed by atoms with Crippen LogP contribution in [0.4, 0.5) is 0 Å². The van der Waals surface area contributed by atoms with E-state index in [9.17, 15) is 18.4 Å². The van der Waals surface area contributed by atoms with Gasteiger partial charge in [-0.05, 0) is 25.0 Å². The summed E-state index contributed by atoms with van der Waals surface area (Å²) in [5.41, 5.74) is 1.75. The standard InChI is InChI=1S/C19H24N4O4S/c1-13-12-15(6-7-16(13)21-28(26)27)18(24)22-8-10-23(11-9-22)19(25)17-5-3-4-14(2)20-17/h3-7,12-13,16,21H,8-11H2,1-2H3,(H,26,27)/p-1. The van der Waals surface area contributed by atoms with E-state index in [0.717, 1.165) is 5.69 Å². The van der Waals surface area contributed by atoms with Crippen LogP contribution in [0.1, 0.15) is 23.1 Å². The second-order valence-electron chi connectivity index (χ2n) is 6.97. The van der Waals surface area contributed by atoms with E-state index in [1.165, 1.54) is 0 Å². The van der Waals surface area contributed by atoms with Crippen molar-refractivity contribution in [1.82, 2.24) is 19.5 Å². The SMILES string of the molecule is Cc1cccc(C(=O)N2CCN(C(=O)C3=CC(C)C(NS(=O)[O-])C=C3)CC2)n1. The molecular weight excluding hydrogens is 380 g/mol. The summed E-state index contributed by atoms with van der Waals surface area (Å²) in [6.07, 6.45) is 5.12. The van der Waals surface area contributed by atoms with E-state index in [-0.39, 0.29) is 23.8 Å². The lowest BCUT2D eigenvalue weighted by Gasteiger charge is -2.35. The van der Waals surface area contributed by atoms with Crippen LogP contribution in [0.5, 0.6) is 0 Å². The van der Waals surface area contributed by atoms with E-state index in [0.29, 0.717) is 37.4 Å². The lowest BCUT2D eigenvalue weighted by atomic mass is 9.93. The van der Waals surface area contributed by atoms with Crippen LogP contribution >= 0.6 is 0 Å². The monoisotopic (exact) mass is 403 g/mol. The Morgan fingerprint density at radius 3 is 2.39 bits per heavy atom. The average molecular weight is 403 g/mol. The Bertz CT molecular complexity index is 846. The van der Waals surface area contributed by atoms with Crippen molar-refractivity contribution < 1.29 is 18.4 Å². The van der Waals surface area contributed by atoms with Gasteiger partial charge in [0.05, 0.1) is 0 Å². The minimum Gasteiger partial charge on any atom is -0.760 e. The van der Waals surface area contributed by atoms with Gasteiger partial charge in [0.25, 0.3) is 11.8 Å². The van der Waals surface area contributed by atoms with Crippen molar-refractivity contribution in [3.8, 4) is 0 Å².